The third-order valence-corrected chi connectivity index (χ3v) is 3.32. The van der Waals surface area contributed by atoms with Gasteiger partial charge in [0.05, 0.1) is 12.5 Å². The van der Waals surface area contributed by atoms with E-state index in [0.717, 1.165) is 11.5 Å². The Labute approximate surface area is 112 Å². The fourth-order valence-electron chi connectivity index (χ4n) is 1.25. The number of urea groups is 1. The van der Waals surface area contributed by atoms with Crippen molar-refractivity contribution in [3.05, 3.63) is 0 Å². The van der Waals surface area contributed by atoms with Crippen LogP contribution in [0.25, 0.3) is 0 Å². The van der Waals surface area contributed by atoms with Gasteiger partial charge in [0.25, 0.3) is 0 Å². The molecule has 6 nitrogen and oxygen atoms in total. The lowest BCUT2D eigenvalue weighted by Gasteiger charge is -2.17. The van der Waals surface area contributed by atoms with Crippen molar-refractivity contribution in [3.8, 4) is 0 Å². The molecule has 0 bridgehead atoms. The lowest BCUT2D eigenvalue weighted by Crippen LogP contribution is -2.45. The van der Waals surface area contributed by atoms with Gasteiger partial charge in [-0.15, -0.1) is 0 Å². The number of carbonyl (C=O) groups is 2. The number of aliphatic carboxylic acids is 1. The van der Waals surface area contributed by atoms with Crippen molar-refractivity contribution in [1.82, 2.24) is 10.6 Å². The fraction of sp³-hybridized carbons (Fsp3) is 0.818. The second-order valence-electron chi connectivity index (χ2n) is 3.87. The minimum absolute atomic E-state index is 0.0791. The smallest absolute Gasteiger partial charge is 0.315 e. The molecule has 2 unspecified atom stereocenters. The lowest BCUT2D eigenvalue weighted by atomic mass is 10.2. The maximum absolute atomic E-state index is 11.5. The van der Waals surface area contributed by atoms with Crippen LogP contribution in [-0.4, -0.2) is 54.4 Å². The van der Waals surface area contributed by atoms with Crippen molar-refractivity contribution in [3.63, 3.8) is 0 Å². The Morgan fingerprint density at radius 1 is 1.44 bits per heavy atom. The molecule has 0 radical (unpaired) electrons. The first-order valence-corrected chi connectivity index (χ1v) is 7.01. The van der Waals surface area contributed by atoms with Crippen LogP contribution in [0, 0.1) is 0 Å². The molecule has 0 saturated carbocycles. The normalized spacial score (nSPS) is 13.7. The highest BCUT2D eigenvalue weighted by Gasteiger charge is 2.14. The number of rotatable bonds is 9. The molecule has 0 saturated heterocycles. The van der Waals surface area contributed by atoms with Crippen LogP contribution in [0.3, 0.4) is 0 Å². The molecule has 0 aromatic carbocycles. The third-order valence-electron chi connectivity index (χ3n) is 2.18. The number of hydrogen-bond donors (Lipinski definition) is 3. The summed E-state index contributed by atoms with van der Waals surface area (Å²) in [6.07, 6.45) is -0.633. The van der Waals surface area contributed by atoms with Gasteiger partial charge in [-0.05, 0) is 12.7 Å². The zero-order chi connectivity index (χ0) is 14.0. The number of ether oxygens (including phenoxy) is 1. The Bertz CT molecular complexity index is 263. The van der Waals surface area contributed by atoms with Crippen LogP contribution in [-0.2, 0) is 9.53 Å². The molecule has 0 heterocycles. The number of nitrogens with one attached hydrogen (secondary N) is 2. The summed E-state index contributed by atoms with van der Waals surface area (Å²) < 4.78 is 4.95. The monoisotopic (exact) mass is 278 g/mol. The summed E-state index contributed by atoms with van der Waals surface area (Å²) in [6.45, 7) is 4.17. The SMILES string of the molecule is CCSCC(C)NC(=O)NCC(CC(=O)O)OC. The van der Waals surface area contributed by atoms with Crippen molar-refractivity contribution in [2.45, 2.75) is 32.4 Å². The van der Waals surface area contributed by atoms with Gasteiger partial charge < -0.3 is 20.5 Å². The van der Waals surface area contributed by atoms with Gasteiger partial charge in [0.2, 0.25) is 0 Å². The van der Waals surface area contributed by atoms with Crippen LogP contribution in [0.4, 0.5) is 4.79 Å². The van der Waals surface area contributed by atoms with Crippen molar-refractivity contribution >= 4 is 23.8 Å². The van der Waals surface area contributed by atoms with Gasteiger partial charge in [-0.1, -0.05) is 6.92 Å². The molecule has 0 aromatic rings. The minimum atomic E-state index is -0.947. The molecule has 2 amide bonds. The van der Waals surface area contributed by atoms with Gasteiger partial charge in [-0.25, -0.2) is 4.79 Å². The second-order valence-corrected chi connectivity index (χ2v) is 5.19. The summed E-state index contributed by atoms with van der Waals surface area (Å²) in [4.78, 5) is 22.0. The van der Waals surface area contributed by atoms with Crippen LogP contribution in [0.15, 0.2) is 0 Å². The zero-order valence-electron chi connectivity index (χ0n) is 11.1. The van der Waals surface area contributed by atoms with Crippen molar-refractivity contribution in [2.75, 3.05) is 25.2 Å². The van der Waals surface area contributed by atoms with E-state index >= 15 is 0 Å². The average molecular weight is 278 g/mol. The first kappa shape index (κ1) is 17.1. The van der Waals surface area contributed by atoms with E-state index in [1.165, 1.54) is 7.11 Å². The van der Waals surface area contributed by atoms with Crippen molar-refractivity contribution < 1.29 is 19.4 Å². The minimum Gasteiger partial charge on any atom is -0.481 e. The molecule has 0 aliphatic rings. The van der Waals surface area contributed by atoms with Crippen LogP contribution in [0.2, 0.25) is 0 Å². The van der Waals surface area contributed by atoms with E-state index in [1.54, 1.807) is 11.8 Å². The molecule has 106 valence electrons. The van der Waals surface area contributed by atoms with Gasteiger partial charge >= 0.3 is 12.0 Å². The van der Waals surface area contributed by atoms with Gasteiger partial charge in [0.15, 0.2) is 0 Å². The van der Waals surface area contributed by atoms with E-state index in [2.05, 4.69) is 17.6 Å². The molecule has 0 aliphatic heterocycles. The second kappa shape index (κ2) is 10.0. The largest absolute Gasteiger partial charge is 0.481 e. The Kier molecular flexibility index (Phi) is 9.49. The van der Waals surface area contributed by atoms with Crippen LogP contribution in [0.1, 0.15) is 20.3 Å². The maximum Gasteiger partial charge on any atom is 0.315 e. The molecular weight excluding hydrogens is 256 g/mol. The van der Waals surface area contributed by atoms with E-state index in [4.69, 9.17) is 9.84 Å². The highest BCUT2D eigenvalue weighted by Crippen LogP contribution is 2.01. The summed E-state index contributed by atoms with van der Waals surface area (Å²) in [5.74, 6) is 0.918. The predicted octanol–water partition coefficient (Wildman–Crippen LogP) is 0.917. The summed E-state index contributed by atoms with van der Waals surface area (Å²) in [5.41, 5.74) is 0. The topological polar surface area (TPSA) is 87.7 Å². The van der Waals surface area contributed by atoms with Gasteiger partial charge in [0.1, 0.15) is 0 Å². The molecule has 7 heteroatoms. The van der Waals surface area contributed by atoms with Crippen molar-refractivity contribution in [2.24, 2.45) is 0 Å². The van der Waals surface area contributed by atoms with Crippen molar-refractivity contribution in [1.29, 1.82) is 0 Å². The quantitative estimate of drug-likeness (QED) is 0.583. The molecule has 0 fully saturated rings. The molecular formula is C11H22N2O4S. The lowest BCUT2D eigenvalue weighted by molar-refractivity contribution is -0.139. The Morgan fingerprint density at radius 3 is 2.61 bits per heavy atom. The number of amides is 2. The van der Waals surface area contributed by atoms with Crippen LogP contribution >= 0.6 is 11.8 Å². The number of carboxylic acid groups (broad SMARTS) is 1. The number of carboxylic acids is 1. The first-order chi connectivity index (χ1) is 8.49. The number of methoxy groups -OCH3 is 1. The number of thioether (sulfide) groups is 1. The molecule has 0 aliphatic carbocycles. The van der Waals surface area contributed by atoms with Gasteiger partial charge in [-0.3, -0.25) is 4.79 Å². The summed E-state index contributed by atoms with van der Waals surface area (Å²) in [6, 6.07) is -0.220. The number of hydrogen-bond acceptors (Lipinski definition) is 4. The molecule has 0 aromatic heterocycles. The van der Waals surface area contributed by atoms with Crippen LogP contribution < -0.4 is 10.6 Å². The van der Waals surface area contributed by atoms with Gasteiger partial charge in [-0.2, -0.15) is 11.8 Å². The van der Waals surface area contributed by atoms with E-state index in [0.29, 0.717) is 0 Å². The molecule has 18 heavy (non-hydrogen) atoms. The summed E-state index contributed by atoms with van der Waals surface area (Å²) >= 11 is 1.75. The fourth-order valence-corrected chi connectivity index (χ4v) is 1.92. The zero-order valence-corrected chi connectivity index (χ0v) is 11.9. The Balaban J connectivity index is 3.83. The third kappa shape index (κ3) is 9.12. The highest BCUT2D eigenvalue weighted by atomic mass is 32.2. The van der Waals surface area contributed by atoms with E-state index in [9.17, 15) is 9.59 Å². The highest BCUT2D eigenvalue weighted by molar-refractivity contribution is 7.99. The molecule has 2 atom stereocenters. The Hall–Kier alpha value is -0.950. The van der Waals surface area contributed by atoms with E-state index in [-0.39, 0.29) is 25.0 Å². The van der Waals surface area contributed by atoms with Crippen LogP contribution in [0.5, 0.6) is 0 Å². The predicted molar refractivity (Wildman–Crippen MR) is 72.0 cm³/mol. The molecule has 0 spiro atoms. The van der Waals surface area contributed by atoms with Gasteiger partial charge in [0, 0.05) is 25.4 Å². The average Bonchev–Trinajstić information content (AvgIpc) is 2.31. The maximum atomic E-state index is 11.5. The van der Waals surface area contributed by atoms with E-state index < -0.39 is 12.1 Å². The summed E-state index contributed by atoms with van der Waals surface area (Å²) in [7, 11) is 1.42. The molecule has 0 rings (SSSR count). The van der Waals surface area contributed by atoms with E-state index in [1.807, 2.05) is 6.92 Å². The first-order valence-electron chi connectivity index (χ1n) is 5.86. The molecule has 3 N–H and O–H groups in total. The Morgan fingerprint density at radius 2 is 2.11 bits per heavy atom. The number of carbonyl (C=O) groups excluding carboxylic acids is 1. The standard InChI is InChI=1S/C11H22N2O4S/c1-4-18-7-8(2)13-11(16)12-6-9(17-3)5-10(14)15/h8-9H,4-7H2,1-3H3,(H,14,15)(H2,12,13,16). The summed E-state index contributed by atoms with van der Waals surface area (Å²) in [5, 5.41) is 14.0.